The van der Waals surface area contributed by atoms with Crippen molar-refractivity contribution in [3.63, 3.8) is 0 Å². The van der Waals surface area contributed by atoms with Gasteiger partial charge in [0, 0.05) is 5.25 Å². The summed E-state index contributed by atoms with van der Waals surface area (Å²) < 4.78 is 0. The monoisotopic (exact) mass is 434 g/mol. The van der Waals surface area contributed by atoms with Crippen LogP contribution in [0.4, 0.5) is 0 Å². The van der Waals surface area contributed by atoms with Crippen molar-refractivity contribution >= 4 is 17.7 Å². The summed E-state index contributed by atoms with van der Waals surface area (Å²) in [6.45, 7) is 2.28. The van der Waals surface area contributed by atoms with Crippen molar-refractivity contribution in [2.75, 3.05) is 5.75 Å². The lowest BCUT2D eigenvalue weighted by Crippen LogP contribution is -2.04. The number of thioether (sulfide) groups is 1. The maximum absolute atomic E-state index is 11.2. The third kappa shape index (κ3) is 15.8. The molecule has 0 saturated heterocycles. The Morgan fingerprint density at radius 1 is 0.733 bits per heavy atom. The van der Waals surface area contributed by atoms with E-state index in [2.05, 4.69) is 6.92 Å². The van der Waals surface area contributed by atoms with Gasteiger partial charge in [-0.05, 0) is 17.7 Å². The van der Waals surface area contributed by atoms with Gasteiger partial charge in [-0.1, -0.05) is 134 Å². The zero-order valence-corrected chi connectivity index (χ0v) is 20.3. The lowest BCUT2D eigenvalue weighted by molar-refractivity contribution is -0.137. The smallest absolute Gasteiger partial charge is 0.304 e. The highest BCUT2D eigenvalue weighted by atomic mass is 32.2. The number of benzene rings is 1. The number of rotatable bonds is 21. The van der Waals surface area contributed by atoms with Crippen molar-refractivity contribution in [2.24, 2.45) is 0 Å². The minimum atomic E-state index is -0.705. The molecule has 1 rings (SSSR count). The van der Waals surface area contributed by atoms with E-state index in [0.29, 0.717) is 0 Å². The van der Waals surface area contributed by atoms with E-state index in [0.717, 1.165) is 11.3 Å². The first-order chi connectivity index (χ1) is 14.7. The third-order valence-electron chi connectivity index (χ3n) is 5.85. The summed E-state index contributed by atoms with van der Waals surface area (Å²) in [6.07, 6.45) is 22.4. The van der Waals surface area contributed by atoms with Crippen molar-refractivity contribution in [2.45, 2.75) is 121 Å². The molecule has 0 saturated carbocycles. The van der Waals surface area contributed by atoms with Crippen LogP contribution in [0.3, 0.4) is 0 Å². The van der Waals surface area contributed by atoms with Crippen LogP contribution in [0.5, 0.6) is 0 Å². The molecule has 0 amide bonds. The fourth-order valence-electron chi connectivity index (χ4n) is 3.98. The average molecular weight is 435 g/mol. The molecule has 30 heavy (non-hydrogen) atoms. The van der Waals surface area contributed by atoms with Crippen LogP contribution in [0.25, 0.3) is 0 Å². The Bertz CT molecular complexity index is 503. The molecule has 0 bridgehead atoms. The number of carboxylic acid groups (broad SMARTS) is 1. The minimum Gasteiger partial charge on any atom is -0.481 e. The maximum atomic E-state index is 11.2. The fraction of sp³-hybridized carbons (Fsp3) is 0.741. The molecule has 1 N–H and O–H groups in total. The molecular weight excluding hydrogens is 388 g/mol. The molecule has 2 nitrogen and oxygen atoms in total. The molecule has 0 spiro atoms. The Balaban J connectivity index is 1.89. The van der Waals surface area contributed by atoms with E-state index >= 15 is 0 Å². The first-order valence-corrected chi connectivity index (χ1v) is 13.7. The fourth-order valence-corrected chi connectivity index (χ4v) is 5.24. The van der Waals surface area contributed by atoms with Crippen molar-refractivity contribution in [1.29, 1.82) is 0 Å². The van der Waals surface area contributed by atoms with Gasteiger partial charge in [-0.25, -0.2) is 0 Å². The number of aliphatic carboxylic acids is 1. The number of carboxylic acids is 1. The van der Waals surface area contributed by atoms with Crippen LogP contribution in [-0.2, 0) is 4.79 Å². The van der Waals surface area contributed by atoms with E-state index in [1.165, 1.54) is 103 Å². The lowest BCUT2D eigenvalue weighted by atomic mass is 10.0. The van der Waals surface area contributed by atoms with Crippen molar-refractivity contribution in [3.05, 3.63) is 35.9 Å². The Morgan fingerprint density at radius 3 is 1.60 bits per heavy atom. The van der Waals surface area contributed by atoms with Crippen LogP contribution in [0.2, 0.25) is 0 Å². The summed E-state index contributed by atoms with van der Waals surface area (Å²) in [7, 11) is 0. The molecule has 0 aliphatic carbocycles. The largest absolute Gasteiger partial charge is 0.481 e. The second kappa shape index (κ2) is 20.0. The van der Waals surface area contributed by atoms with Gasteiger partial charge >= 0.3 is 5.97 Å². The highest BCUT2D eigenvalue weighted by molar-refractivity contribution is 7.99. The second-order valence-corrected chi connectivity index (χ2v) is 9.98. The van der Waals surface area contributed by atoms with E-state index < -0.39 is 5.97 Å². The van der Waals surface area contributed by atoms with Crippen molar-refractivity contribution < 1.29 is 9.90 Å². The molecule has 0 aliphatic heterocycles. The first kappa shape index (κ1) is 27.1. The predicted octanol–water partition coefficient (Wildman–Crippen LogP) is 9.20. The zero-order chi connectivity index (χ0) is 21.7. The van der Waals surface area contributed by atoms with Gasteiger partial charge in [-0.15, -0.1) is 0 Å². The van der Waals surface area contributed by atoms with Gasteiger partial charge in [-0.3, -0.25) is 4.79 Å². The highest BCUT2D eigenvalue weighted by Crippen LogP contribution is 2.32. The van der Waals surface area contributed by atoms with Gasteiger partial charge in [0.05, 0.1) is 6.42 Å². The van der Waals surface area contributed by atoms with Crippen LogP contribution in [0.15, 0.2) is 30.3 Å². The number of hydrogen-bond donors (Lipinski definition) is 1. The van der Waals surface area contributed by atoms with E-state index in [9.17, 15) is 9.90 Å². The van der Waals surface area contributed by atoms with Crippen molar-refractivity contribution in [3.8, 4) is 0 Å². The second-order valence-electron chi connectivity index (χ2n) is 8.67. The topological polar surface area (TPSA) is 37.3 Å². The SMILES string of the molecule is CCCCCCCCCCCCCCCCCCSC(CC(=O)O)c1ccccc1. The molecule has 0 radical (unpaired) electrons. The number of carbonyl (C=O) groups is 1. The Labute approximate surface area is 190 Å². The van der Waals surface area contributed by atoms with E-state index in [1.807, 2.05) is 42.1 Å². The van der Waals surface area contributed by atoms with Gasteiger partial charge < -0.3 is 5.11 Å². The summed E-state index contributed by atoms with van der Waals surface area (Å²) in [6, 6.07) is 10.1. The molecule has 1 atom stereocenters. The molecule has 3 heteroatoms. The predicted molar refractivity (Wildman–Crippen MR) is 133 cm³/mol. The van der Waals surface area contributed by atoms with E-state index in [-0.39, 0.29) is 11.7 Å². The van der Waals surface area contributed by atoms with Crippen molar-refractivity contribution in [1.82, 2.24) is 0 Å². The van der Waals surface area contributed by atoms with Gasteiger partial charge in [0.1, 0.15) is 0 Å². The van der Waals surface area contributed by atoms with Crippen LogP contribution in [-0.4, -0.2) is 16.8 Å². The third-order valence-corrected chi connectivity index (χ3v) is 7.21. The number of hydrogen-bond acceptors (Lipinski definition) is 2. The van der Waals surface area contributed by atoms with Crippen LogP contribution < -0.4 is 0 Å². The maximum Gasteiger partial charge on any atom is 0.304 e. The molecule has 1 aromatic rings. The minimum absolute atomic E-state index is 0.0834. The normalized spacial score (nSPS) is 12.2. The average Bonchev–Trinajstić information content (AvgIpc) is 2.75. The van der Waals surface area contributed by atoms with Gasteiger partial charge in [0.15, 0.2) is 0 Å². The van der Waals surface area contributed by atoms with Gasteiger partial charge in [0.2, 0.25) is 0 Å². The summed E-state index contributed by atoms with van der Waals surface area (Å²) in [5, 5.41) is 9.26. The summed E-state index contributed by atoms with van der Waals surface area (Å²) in [5.41, 5.74) is 1.14. The summed E-state index contributed by atoms with van der Waals surface area (Å²) >= 11 is 1.81. The van der Waals surface area contributed by atoms with Gasteiger partial charge in [-0.2, -0.15) is 11.8 Å². The molecule has 0 heterocycles. The molecular formula is C27H46O2S. The highest BCUT2D eigenvalue weighted by Gasteiger charge is 2.15. The zero-order valence-electron chi connectivity index (χ0n) is 19.5. The standard InChI is InChI=1S/C27H46O2S/c1-2-3-4-5-6-7-8-9-10-11-12-13-14-15-16-20-23-30-26(24-27(28)29)25-21-18-17-19-22-25/h17-19,21-22,26H,2-16,20,23-24H2,1H3,(H,28,29). The molecule has 172 valence electrons. The van der Waals surface area contributed by atoms with E-state index in [1.54, 1.807) is 0 Å². The lowest BCUT2D eigenvalue weighted by Gasteiger charge is -2.15. The Hall–Kier alpha value is -0.960. The summed E-state index contributed by atoms with van der Waals surface area (Å²) in [4.78, 5) is 11.2. The molecule has 1 unspecified atom stereocenters. The van der Waals surface area contributed by atoms with Crippen LogP contribution in [0.1, 0.15) is 127 Å². The Morgan fingerprint density at radius 2 is 1.17 bits per heavy atom. The summed E-state index contributed by atoms with van der Waals surface area (Å²) in [5.74, 6) is 0.356. The molecule has 0 aromatic heterocycles. The first-order valence-electron chi connectivity index (χ1n) is 12.6. The molecule has 1 aromatic carbocycles. The molecule has 0 fully saturated rings. The molecule has 0 aliphatic rings. The number of unbranched alkanes of at least 4 members (excludes halogenated alkanes) is 15. The Kier molecular flexibility index (Phi) is 18.0. The van der Waals surface area contributed by atoms with Crippen LogP contribution in [0, 0.1) is 0 Å². The van der Waals surface area contributed by atoms with Crippen LogP contribution >= 0.6 is 11.8 Å². The van der Waals surface area contributed by atoms with E-state index in [4.69, 9.17) is 0 Å². The quantitative estimate of drug-likeness (QED) is 0.196. The van der Waals surface area contributed by atoms with Gasteiger partial charge in [0.25, 0.3) is 0 Å².